The first-order chi connectivity index (χ1) is 12.0. The van der Waals surface area contributed by atoms with Crippen molar-refractivity contribution in [2.75, 3.05) is 6.54 Å². The van der Waals surface area contributed by atoms with Gasteiger partial charge in [0.15, 0.2) is 0 Å². The van der Waals surface area contributed by atoms with Gasteiger partial charge in [0.25, 0.3) is 0 Å². The minimum absolute atomic E-state index is 0.0714. The van der Waals surface area contributed by atoms with E-state index >= 15 is 0 Å². The molecule has 25 heavy (non-hydrogen) atoms. The van der Waals surface area contributed by atoms with E-state index in [-0.39, 0.29) is 6.04 Å². The van der Waals surface area contributed by atoms with Gasteiger partial charge in [-0.3, -0.25) is 0 Å². The Hall–Kier alpha value is -0.920. The summed E-state index contributed by atoms with van der Waals surface area (Å²) >= 11 is 2.46. The van der Waals surface area contributed by atoms with Crippen LogP contribution in [0.1, 0.15) is 30.4 Å². The maximum absolute atomic E-state index is 13.2. The zero-order valence-corrected chi connectivity index (χ0v) is 17.4. The fourth-order valence-electron chi connectivity index (χ4n) is 3.38. The summed E-state index contributed by atoms with van der Waals surface area (Å²) < 4.78 is 28.6. The smallest absolute Gasteiger partial charge is 0.207 e. The third kappa shape index (κ3) is 4.63. The van der Waals surface area contributed by atoms with E-state index in [0.717, 1.165) is 31.2 Å². The Morgan fingerprint density at radius 3 is 2.44 bits per heavy atom. The molecule has 1 aliphatic rings. The molecule has 0 bridgehead atoms. The van der Waals surface area contributed by atoms with Crippen LogP contribution >= 0.6 is 22.6 Å². The fourth-order valence-corrected chi connectivity index (χ4v) is 5.93. The van der Waals surface area contributed by atoms with E-state index in [1.165, 1.54) is 5.56 Å². The van der Waals surface area contributed by atoms with Gasteiger partial charge in [-0.2, -0.15) is 4.31 Å². The van der Waals surface area contributed by atoms with E-state index in [1.807, 2.05) is 37.3 Å². The molecule has 5 heteroatoms. The van der Waals surface area contributed by atoms with Crippen LogP contribution in [0.3, 0.4) is 0 Å². The first-order valence-electron chi connectivity index (χ1n) is 8.73. The molecule has 3 nitrogen and oxygen atoms in total. The summed E-state index contributed by atoms with van der Waals surface area (Å²) in [5.41, 5.74) is 2.34. The highest BCUT2D eigenvalue weighted by Crippen LogP contribution is 2.31. The molecule has 134 valence electrons. The second kappa shape index (κ2) is 8.18. The number of aryl methyl sites for hydroxylation is 2. The topological polar surface area (TPSA) is 37.4 Å². The van der Waals surface area contributed by atoms with E-state index < -0.39 is 10.0 Å². The SMILES string of the molecule is Cc1ccc(S(=O)(=O)N2CC[C@H](I)C[C@H]2CCc2ccccc2)cc1. The molecule has 0 aliphatic carbocycles. The molecule has 1 saturated heterocycles. The lowest BCUT2D eigenvalue weighted by Crippen LogP contribution is -2.46. The molecule has 0 unspecified atom stereocenters. The Bertz CT molecular complexity index is 790. The van der Waals surface area contributed by atoms with Crippen molar-refractivity contribution in [3.8, 4) is 0 Å². The minimum atomic E-state index is -3.43. The van der Waals surface area contributed by atoms with Crippen molar-refractivity contribution in [3.05, 3.63) is 65.7 Å². The highest BCUT2D eigenvalue weighted by molar-refractivity contribution is 14.1. The van der Waals surface area contributed by atoms with E-state index in [9.17, 15) is 8.42 Å². The molecule has 0 aromatic heterocycles. The number of sulfonamides is 1. The number of nitrogens with zero attached hydrogens (tertiary/aromatic N) is 1. The molecule has 2 aromatic rings. The van der Waals surface area contributed by atoms with Crippen molar-refractivity contribution in [3.63, 3.8) is 0 Å². The molecule has 1 fully saturated rings. The van der Waals surface area contributed by atoms with Crippen LogP contribution in [0.5, 0.6) is 0 Å². The largest absolute Gasteiger partial charge is 0.243 e. The van der Waals surface area contributed by atoms with Crippen molar-refractivity contribution >= 4 is 32.6 Å². The van der Waals surface area contributed by atoms with E-state index in [0.29, 0.717) is 15.4 Å². The summed E-state index contributed by atoms with van der Waals surface area (Å²) in [4.78, 5) is 0.412. The highest BCUT2D eigenvalue weighted by atomic mass is 127. The molecular formula is C20H24INO2S. The zero-order valence-electron chi connectivity index (χ0n) is 14.4. The quantitative estimate of drug-likeness (QED) is 0.475. The minimum Gasteiger partial charge on any atom is -0.207 e. The summed E-state index contributed by atoms with van der Waals surface area (Å²) in [6, 6.07) is 17.6. The monoisotopic (exact) mass is 469 g/mol. The lowest BCUT2D eigenvalue weighted by Gasteiger charge is -2.37. The number of piperidine rings is 1. The summed E-state index contributed by atoms with van der Waals surface area (Å²) in [7, 11) is -3.43. The number of rotatable bonds is 5. The summed E-state index contributed by atoms with van der Waals surface area (Å²) in [5.74, 6) is 0. The molecule has 0 saturated carbocycles. The van der Waals surface area contributed by atoms with Gasteiger partial charge < -0.3 is 0 Å². The van der Waals surface area contributed by atoms with Crippen LogP contribution < -0.4 is 0 Å². The van der Waals surface area contributed by atoms with Crippen LogP contribution in [0.15, 0.2) is 59.5 Å². The summed E-state index contributed by atoms with van der Waals surface area (Å²) in [5, 5.41) is 0. The maximum Gasteiger partial charge on any atom is 0.243 e. The second-order valence-electron chi connectivity index (χ2n) is 6.73. The van der Waals surface area contributed by atoms with Gasteiger partial charge >= 0.3 is 0 Å². The lowest BCUT2D eigenvalue weighted by atomic mass is 9.98. The molecule has 0 amide bonds. The maximum atomic E-state index is 13.2. The molecule has 2 atom stereocenters. The normalized spacial score (nSPS) is 22.0. The van der Waals surface area contributed by atoms with Crippen LogP contribution in [0.25, 0.3) is 0 Å². The van der Waals surface area contributed by atoms with Crippen LogP contribution in [-0.4, -0.2) is 29.2 Å². The van der Waals surface area contributed by atoms with Gasteiger partial charge in [0.1, 0.15) is 0 Å². The molecule has 1 heterocycles. The Kier molecular flexibility index (Phi) is 6.17. The van der Waals surface area contributed by atoms with Gasteiger partial charge in [-0.1, -0.05) is 70.6 Å². The van der Waals surface area contributed by atoms with E-state index in [2.05, 4.69) is 34.7 Å². The molecule has 1 aliphatic heterocycles. The van der Waals surface area contributed by atoms with Crippen LogP contribution in [-0.2, 0) is 16.4 Å². The van der Waals surface area contributed by atoms with Crippen LogP contribution in [0, 0.1) is 6.92 Å². The van der Waals surface area contributed by atoms with Crippen molar-refractivity contribution in [2.45, 2.75) is 47.5 Å². The van der Waals surface area contributed by atoms with Crippen molar-refractivity contribution in [1.82, 2.24) is 4.31 Å². The van der Waals surface area contributed by atoms with Crippen molar-refractivity contribution in [1.29, 1.82) is 0 Å². The predicted octanol–water partition coefficient (Wildman–Crippen LogP) is 4.58. The van der Waals surface area contributed by atoms with Gasteiger partial charge in [0, 0.05) is 16.5 Å². The number of hydrogen-bond acceptors (Lipinski definition) is 2. The molecule has 0 spiro atoms. The van der Waals surface area contributed by atoms with Gasteiger partial charge in [0.2, 0.25) is 10.0 Å². The van der Waals surface area contributed by atoms with Crippen LogP contribution in [0.2, 0.25) is 0 Å². The van der Waals surface area contributed by atoms with Crippen molar-refractivity contribution < 1.29 is 8.42 Å². The third-order valence-corrected chi connectivity index (χ3v) is 7.93. The Balaban J connectivity index is 1.80. The molecular weight excluding hydrogens is 445 g/mol. The Morgan fingerprint density at radius 2 is 1.76 bits per heavy atom. The average molecular weight is 469 g/mol. The van der Waals surface area contributed by atoms with E-state index in [1.54, 1.807) is 16.4 Å². The summed E-state index contributed by atoms with van der Waals surface area (Å²) in [6.45, 7) is 2.59. The second-order valence-corrected chi connectivity index (χ2v) is 10.4. The number of alkyl halides is 1. The lowest BCUT2D eigenvalue weighted by molar-refractivity contribution is 0.250. The third-order valence-electron chi connectivity index (χ3n) is 4.83. The number of benzene rings is 2. The van der Waals surface area contributed by atoms with Gasteiger partial charge in [-0.15, -0.1) is 0 Å². The zero-order chi connectivity index (χ0) is 17.9. The standard InChI is InChI=1S/C20H24INO2S/c1-16-7-11-20(12-8-16)25(23,24)22-14-13-18(21)15-19(22)10-9-17-5-3-2-4-6-17/h2-8,11-12,18-19H,9-10,13-15H2,1H3/t18-,19+/m0/s1. The van der Waals surface area contributed by atoms with E-state index in [4.69, 9.17) is 0 Å². The van der Waals surface area contributed by atoms with Gasteiger partial charge in [-0.25, -0.2) is 8.42 Å². The van der Waals surface area contributed by atoms with Crippen molar-refractivity contribution in [2.24, 2.45) is 0 Å². The molecule has 0 N–H and O–H groups in total. The number of hydrogen-bond donors (Lipinski definition) is 0. The van der Waals surface area contributed by atoms with Gasteiger partial charge in [0.05, 0.1) is 4.90 Å². The highest BCUT2D eigenvalue weighted by Gasteiger charge is 2.35. The first kappa shape index (κ1) is 18.9. The fraction of sp³-hybridized carbons (Fsp3) is 0.400. The summed E-state index contributed by atoms with van der Waals surface area (Å²) in [6.07, 6.45) is 3.63. The Morgan fingerprint density at radius 1 is 1.08 bits per heavy atom. The predicted molar refractivity (Wildman–Crippen MR) is 111 cm³/mol. The molecule has 0 radical (unpaired) electrons. The van der Waals surface area contributed by atoms with Gasteiger partial charge in [-0.05, 0) is 50.3 Å². The van der Waals surface area contributed by atoms with Crippen LogP contribution in [0.4, 0.5) is 0 Å². The molecule has 2 aromatic carbocycles. The number of halogens is 1. The first-order valence-corrected chi connectivity index (χ1v) is 11.4. The average Bonchev–Trinajstić information content (AvgIpc) is 2.61. The molecule has 3 rings (SSSR count). The Labute approximate surface area is 164 Å².